The molecule has 0 fully saturated rings. The van der Waals surface area contributed by atoms with E-state index in [4.69, 9.17) is 0 Å². The lowest BCUT2D eigenvalue weighted by Gasteiger charge is -2.34. The molecule has 0 saturated heterocycles. The summed E-state index contributed by atoms with van der Waals surface area (Å²) >= 11 is 0. The first-order valence-electron chi connectivity index (χ1n) is 10.3. The van der Waals surface area contributed by atoms with E-state index >= 15 is 0 Å². The van der Waals surface area contributed by atoms with Gasteiger partial charge in [0.15, 0.2) is 0 Å². The Morgan fingerprint density at radius 3 is 2.39 bits per heavy atom. The van der Waals surface area contributed by atoms with Crippen LogP contribution in [0.2, 0.25) is 0 Å². The van der Waals surface area contributed by atoms with E-state index in [-0.39, 0.29) is 24.4 Å². The molecule has 6 heteroatoms. The molecule has 4 rings (SSSR count). The molecule has 0 aromatic heterocycles. The Morgan fingerprint density at radius 2 is 1.71 bits per heavy atom. The number of nitrogens with one attached hydrogen (secondary N) is 2. The normalized spacial score (nSPS) is 14.3. The van der Waals surface area contributed by atoms with Crippen LogP contribution in [0.3, 0.4) is 0 Å². The molecular weight excluding hydrogens is 410 g/mol. The van der Waals surface area contributed by atoms with E-state index in [0.29, 0.717) is 12.1 Å². The maximum atomic E-state index is 12.5. The molecule has 0 radical (unpaired) electrons. The Hall–Kier alpha value is -2.86. The van der Waals surface area contributed by atoms with E-state index in [1.165, 1.54) is 5.56 Å². The number of hydrogen-bond acceptors (Lipinski definition) is 4. The highest BCUT2D eigenvalue weighted by Crippen LogP contribution is 2.38. The monoisotopic (exact) mass is 437 g/mol. The summed E-state index contributed by atoms with van der Waals surface area (Å²) in [6.07, 6.45) is 0.334. The van der Waals surface area contributed by atoms with Gasteiger partial charge in [0.2, 0.25) is 0 Å². The predicted molar refractivity (Wildman–Crippen MR) is 128 cm³/mol. The van der Waals surface area contributed by atoms with E-state index in [9.17, 15) is 9.90 Å². The van der Waals surface area contributed by atoms with E-state index in [1.54, 1.807) is 12.1 Å². The molecule has 1 aliphatic heterocycles. The van der Waals surface area contributed by atoms with Crippen LogP contribution in [0.25, 0.3) is 0 Å². The first-order valence-corrected chi connectivity index (χ1v) is 10.3. The summed E-state index contributed by atoms with van der Waals surface area (Å²) in [5.41, 5.74) is 4.81. The van der Waals surface area contributed by atoms with Crippen molar-refractivity contribution < 1.29 is 9.90 Å². The van der Waals surface area contributed by atoms with Crippen molar-refractivity contribution in [3.05, 3.63) is 95.6 Å². The topological polar surface area (TPSA) is 64.6 Å². The average molecular weight is 438 g/mol. The molecule has 1 heterocycles. The third-order valence-electron chi connectivity index (χ3n) is 5.56. The number of likely N-dealkylation sites (N-methyl/N-ethyl adjacent to an activating group) is 1. The van der Waals surface area contributed by atoms with Gasteiger partial charge in [0.1, 0.15) is 0 Å². The molecular formula is C25H28ClN3O2. The molecule has 0 aliphatic carbocycles. The minimum absolute atomic E-state index is 0. The minimum atomic E-state index is -0.541. The lowest BCUT2D eigenvalue weighted by molar-refractivity contribution is 0.102. The molecule has 0 unspecified atom stereocenters. The zero-order chi connectivity index (χ0) is 20.9. The molecule has 0 bridgehead atoms. The van der Waals surface area contributed by atoms with Crippen LogP contribution in [-0.2, 0) is 6.42 Å². The highest BCUT2D eigenvalue weighted by atomic mass is 35.5. The second-order valence-electron chi connectivity index (χ2n) is 7.59. The molecule has 2 atom stereocenters. The van der Waals surface area contributed by atoms with Crippen LogP contribution in [0.4, 0.5) is 11.4 Å². The molecule has 3 aromatic carbocycles. The van der Waals surface area contributed by atoms with Gasteiger partial charge in [0, 0.05) is 30.0 Å². The molecule has 3 aromatic rings. The molecule has 1 aliphatic rings. The largest absolute Gasteiger partial charge is 0.389 e. The van der Waals surface area contributed by atoms with Crippen LogP contribution in [-0.4, -0.2) is 37.3 Å². The summed E-state index contributed by atoms with van der Waals surface area (Å²) in [4.78, 5) is 14.7. The molecule has 162 valence electrons. The highest BCUT2D eigenvalue weighted by Gasteiger charge is 2.32. The van der Waals surface area contributed by atoms with Crippen molar-refractivity contribution in [3.63, 3.8) is 0 Å². The predicted octanol–water partition coefficient (Wildman–Crippen LogP) is 4.04. The summed E-state index contributed by atoms with van der Waals surface area (Å²) in [5.74, 6) is -0.114. The second kappa shape index (κ2) is 10.4. The number of aliphatic hydroxyl groups is 1. The van der Waals surface area contributed by atoms with Crippen molar-refractivity contribution in [2.24, 2.45) is 0 Å². The fourth-order valence-corrected chi connectivity index (χ4v) is 4.17. The second-order valence-corrected chi connectivity index (χ2v) is 7.59. The number of carbonyl (C=O) groups is 1. The number of nitrogens with zero attached hydrogens (tertiary/aromatic N) is 1. The summed E-state index contributed by atoms with van der Waals surface area (Å²) in [6, 6.07) is 25.2. The Morgan fingerprint density at radius 1 is 1.03 bits per heavy atom. The maximum Gasteiger partial charge on any atom is 0.255 e. The number of amides is 1. The van der Waals surface area contributed by atoms with Crippen molar-refractivity contribution in [3.8, 4) is 0 Å². The number of hydrogen-bond donors (Lipinski definition) is 3. The van der Waals surface area contributed by atoms with Crippen molar-refractivity contribution in [2.75, 3.05) is 30.4 Å². The quantitative estimate of drug-likeness (QED) is 0.522. The number of rotatable bonds is 7. The third-order valence-corrected chi connectivity index (χ3v) is 5.56. The molecule has 5 nitrogen and oxygen atoms in total. The van der Waals surface area contributed by atoms with Crippen molar-refractivity contribution >= 4 is 29.7 Å². The van der Waals surface area contributed by atoms with Gasteiger partial charge in [-0.1, -0.05) is 48.5 Å². The van der Waals surface area contributed by atoms with Gasteiger partial charge in [-0.15, -0.1) is 12.4 Å². The Balaban J connectivity index is 0.00000272. The lowest BCUT2D eigenvalue weighted by Crippen LogP contribution is -2.40. The van der Waals surface area contributed by atoms with Crippen LogP contribution >= 0.6 is 12.4 Å². The smallest absolute Gasteiger partial charge is 0.255 e. The standard InChI is InChI=1S/C25H27N3O2.ClH/c1-26-17-23(29)24(18-8-4-2-5-9-18)28-15-14-20-16-21(12-13-22(20)28)27-25(30)19-10-6-3-7-11-19;/h2-13,16,23-24,26,29H,14-15,17H2,1H3,(H,27,30);1H/t23-,24+;/m1./s1. The summed E-state index contributed by atoms with van der Waals surface area (Å²) < 4.78 is 0. The first-order chi connectivity index (χ1) is 14.7. The SMILES string of the molecule is CNC[C@@H](O)[C@H](c1ccccc1)N1CCc2cc(NC(=O)c3ccccc3)ccc21.Cl. The van der Waals surface area contributed by atoms with Crippen molar-refractivity contribution in [1.29, 1.82) is 0 Å². The Bertz CT molecular complexity index is 998. The number of benzene rings is 3. The number of fused-ring (bicyclic) bond motifs is 1. The van der Waals surface area contributed by atoms with Gasteiger partial charge in [-0.2, -0.15) is 0 Å². The van der Waals surface area contributed by atoms with Crippen LogP contribution in [0.1, 0.15) is 27.5 Å². The van der Waals surface area contributed by atoms with Gasteiger partial charge < -0.3 is 20.6 Å². The van der Waals surface area contributed by atoms with Crippen molar-refractivity contribution in [2.45, 2.75) is 18.6 Å². The van der Waals surface area contributed by atoms with Gasteiger partial charge >= 0.3 is 0 Å². The van der Waals surface area contributed by atoms with Crippen LogP contribution < -0.4 is 15.5 Å². The zero-order valence-corrected chi connectivity index (χ0v) is 18.3. The Labute approximate surface area is 189 Å². The summed E-state index contributed by atoms with van der Waals surface area (Å²) in [7, 11) is 1.85. The molecule has 1 amide bonds. The number of anilines is 2. The number of halogens is 1. The Kier molecular flexibility index (Phi) is 7.69. The van der Waals surface area contributed by atoms with E-state index in [1.807, 2.05) is 61.6 Å². The van der Waals surface area contributed by atoms with Crippen molar-refractivity contribution in [1.82, 2.24) is 5.32 Å². The van der Waals surface area contributed by atoms with Gasteiger partial charge in [-0.3, -0.25) is 4.79 Å². The van der Waals surface area contributed by atoms with Crippen LogP contribution in [0, 0.1) is 0 Å². The number of aliphatic hydroxyl groups excluding tert-OH is 1. The first kappa shape index (κ1) is 22.8. The fraction of sp³-hybridized carbons (Fsp3) is 0.240. The maximum absolute atomic E-state index is 12.5. The third kappa shape index (κ3) is 5.07. The molecule has 31 heavy (non-hydrogen) atoms. The van der Waals surface area contributed by atoms with Crippen LogP contribution in [0.5, 0.6) is 0 Å². The van der Waals surface area contributed by atoms with E-state index in [0.717, 1.165) is 29.9 Å². The van der Waals surface area contributed by atoms with Gasteiger partial charge in [-0.25, -0.2) is 0 Å². The fourth-order valence-electron chi connectivity index (χ4n) is 4.17. The number of carbonyl (C=O) groups excluding carboxylic acids is 1. The van der Waals surface area contributed by atoms with E-state index < -0.39 is 6.10 Å². The van der Waals surface area contributed by atoms with Gasteiger partial charge in [0.05, 0.1) is 12.1 Å². The van der Waals surface area contributed by atoms with Gasteiger partial charge in [0.25, 0.3) is 5.91 Å². The van der Waals surface area contributed by atoms with E-state index in [2.05, 4.69) is 27.7 Å². The van der Waals surface area contributed by atoms with Crippen LogP contribution in [0.15, 0.2) is 78.9 Å². The molecule has 3 N–H and O–H groups in total. The van der Waals surface area contributed by atoms with Gasteiger partial charge in [-0.05, 0) is 54.9 Å². The highest BCUT2D eigenvalue weighted by molar-refractivity contribution is 6.04. The molecule has 0 saturated carbocycles. The lowest BCUT2D eigenvalue weighted by atomic mass is 9.99. The zero-order valence-electron chi connectivity index (χ0n) is 17.5. The minimum Gasteiger partial charge on any atom is -0.389 e. The average Bonchev–Trinajstić information content (AvgIpc) is 3.18. The summed E-state index contributed by atoms with van der Waals surface area (Å²) in [6.45, 7) is 1.34. The molecule has 0 spiro atoms. The summed E-state index contributed by atoms with van der Waals surface area (Å²) in [5, 5.41) is 17.0.